The molecular formula is C15H18N2O3. The number of phenols is 1. The van der Waals surface area contributed by atoms with Crippen molar-refractivity contribution >= 4 is 5.91 Å². The number of nitriles is 1. The molecule has 1 aromatic rings. The van der Waals surface area contributed by atoms with Crippen LogP contribution in [0, 0.1) is 11.3 Å². The first-order valence-corrected chi connectivity index (χ1v) is 6.71. The van der Waals surface area contributed by atoms with Crippen LogP contribution in [0.4, 0.5) is 0 Å². The molecular weight excluding hydrogens is 256 g/mol. The molecule has 0 atom stereocenters. The number of aromatic hydroxyl groups is 1. The van der Waals surface area contributed by atoms with Crippen molar-refractivity contribution in [2.24, 2.45) is 0 Å². The van der Waals surface area contributed by atoms with E-state index < -0.39 is 11.4 Å². The Morgan fingerprint density at radius 3 is 2.70 bits per heavy atom. The highest BCUT2D eigenvalue weighted by Crippen LogP contribution is 2.29. The molecule has 1 aliphatic carbocycles. The van der Waals surface area contributed by atoms with Crippen molar-refractivity contribution in [3.8, 4) is 17.6 Å². The van der Waals surface area contributed by atoms with E-state index in [0.717, 1.165) is 19.3 Å². The number of methoxy groups -OCH3 is 1. The standard InChI is InChI=1S/C15H18N2O3/c1-20-11-5-6-13(18)12(9-11)14(19)17-15(10-16)7-3-2-4-8-15/h5-6,9,18H,2-4,7-8H2,1H3,(H,17,19). The third-order valence-corrected chi connectivity index (χ3v) is 3.72. The highest BCUT2D eigenvalue weighted by Gasteiger charge is 2.34. The maximum absolute atomic E-state index is 12.3. The Kier molecular flexibility index (Phi) is 4.14. The van der Waals surface area contributed by atoms with Gasteiger partial charge in [-0.3, -0.25) is 4.79 Å². The van der Waals surface area contributed by atoms with Gasteiger partial charge in [0.05, 0.1) is 18.7 Å². The average Bonchev–Trinajstić information content (AvgIpc) is 2.48. The second kappa shape index (κ2) is 5.83. The summed E-state index contributed by atoms with van der Waals surface area (Å²) >= 11 is 0. The lowest BCUT2D eigenvalue weighted by molar-refractivity contribution is 0.0899. The molecule has 5 heteroatoms. The average molecular weight is 274 g/mol. The molecule has 0 spiro atoms. The van der Waals surface area contributed by atoms with Gasteiger partial charge < -0.3 is 15.2 Å². The molecule has 0 heterocycles. The molecule has 0 bridgehead atoms. The van der Waals surface area contributed by atoms with E-state index in [2.05, 4.69) is 11.4 Å². The molecule has 1 amide bonds. The molecule has 20 heavy (non-hydrogen) atoms. The first-order chi connectivity index (χ1) is 9.60. The number of carbonyl (C=O) groups excluding carboxylic acids is 1. The van der Waals surface area contributed by atoms with Crippen LogP contribution >= 0.6 is 0 Å². The summed E-state index contributed by atoms with van der Waals surface area (Å²) in [5.74, 6) is -0.0698. The Hall–Kier alpha value is -2.22. The van der Waals surface area contributed by atoms with Gasteiger partial charge in [-0.1, -0.05) is 19.3 Å². The van der Waals surface area contributed by atoms with E-state index in [1.165, 1.54) is 19.2 Å². The van der Waals surface area contributed by atoms with Gasteiger partial charge in [-0.2, -0.15) is 5.26 Å². The monoisotopic (exact) mass is 274 g/mol. The summed E-state index contributed by atoms with van der Waals surface area (Å²) in [4.78, 5) is 12.3. The largest absolute Gasteiger partial charge is 0.507 e. The Bertz CT molecular complexity index is 543. The van der Waals surface area contributed by atoms with Crippen molar-refractivity contribution in [2.75, 3.05) is 7.11 Å². The van der Waals surface area contributed by atoms with Gasteiger partial charge in [-0.15, -0.1) is 0 Å². The third kappa shape index (κ3) is 2.85. The van der Waals surface area contributed by atoms with Crippen LogP contribution in [0.5, 0.6) is 11.5 Å². The van der Waals surface area contributed by atoms with Crippen LogP contribution in [0.3, 0.4) is 0 Å². The maximum Gasteiger partial charge on any atom is 0.256 e. The summed E-state index contributed by atoms with van der Waals surface area (Å²) in [5, 5.41) is 21.9. The zero-order valence-electron chi connectivity index (χ0n) is 11.5. The molecule has 2 rings (SSSR count). The maximum atomic E-state index is 12.3. The number of benzene rings is 1. The number of nitrogens with zero attached hydrogens (tertiary/aromatic N) is 1. The number of phenolic OH excluding ortho intramolecular Hbond substituents is 1. The highest BCUT2D eigenvalue weighted by molar-refractivity contribution is 5.97. The third-order valence-electron chi connectivity index (χ3n) is 3.72. The van der Waals surface area contributed by atoms with Crippen molar-refractivity contribution in [2.45, 2.75) is 37.6 Å². The SMILES string of the molecule is COc1ccc(O)c(C(=O)NC2(C#N)CCCCC2)c1. The molecule has 1 saturated carbocycles. The molecule has 106 valence electrons. The molecule has 0 aliphatic heterocycles. The molecule has 1 fully saturated rings. The predicted octanol–water partition coefficient (Wildman–Crippen LogP) is 2.36. The number of nitrogens with one attached hydrogen (secondary N) is 1. The summed E-state index contributed by atoms with van der Waals surface area (Å²) in [7, 11) is 1.49. The van der Waals surface area contributed by atoms with Gasteiger partial charge in [-0.25, -0.2) is 0 Å². The molecule has 1 aromatic carbocycles. The topological polar surface area (TPSA) is 82.3 Å². The normalized spacial score (nSPS) is 17.0. The van der Waals surface area contributed by atoms with Gasteiger partial charge in [0.25, 0.3) is 5.91 Å². The summed E-state index contributed by atoms with van der Waals surface area (Å²) in [6.07, 6.45) is 4.25. The second-order valence-electron chi connectivity index (χ2n) is 5.09. The van der Waals surface area contributed by atoms with Gasteiger partial charge >= 0.3 is 0 Å². The van der Waals surface area contributed by atoms with Crippen LogP contribution in [-0.2, 0) is 0 Å². The lowest BCUT2D eigenvalue weighted by Crippen LogP contribution is -2.48. The summed E-state index contributed by atoms with van der Waals surface area (Å²) in [6, 6.07) is 6.68. The minimum atomic E-state index is -0.815. The number of ether oxygens (including phenoxy) is 1. The van der Waals surface area contributed by atoms with Crippen LogP contribution in [0.1, 0.15) is 42.5 Å². The van der Waals surface area contributed by atoms with Crippen LogP contribution in [0.15, 0.2) is 18.2 Å². The number of hydrogen-bond donors (Lipinski definition) is 2. The number of amides is 1. The van der Waals surface area contributed by atoms with E-state index in [4.69, 9.17) is 4.74 Å². The van der Waals surface area contributed by atoms with Crippen LogP contribution in [-0.4, -0.2) is 23.7 Å². The van der Waals surface area contributed by atoms with Gasteiger partial charge in [0.1, 0.15) is 17.0 Å². The van der Waals surface area contributed by atoms with Crippen molar-refractivity contribution in [3.63, 3.8) is 0 Å². The Morgan fingerprint density at radius 1 is 1.40 bits per heavy atom. The summed E-state index contributed by atoms with van der Waals surface area (Å²) in [5.41, 5.74) is -0.685. The summed E-state index contributed by atoms with van der Waals surface area (Å²) < 4.78 is 5.05. The Labute approximate surface area is 118 Å². The molecule has 5 nitrogen and oxygen atoms in total. The zero-order valence-corrected chi connectivity index (χ0v) is 11.5. The molecule has 1 aliphatic rings. The Balaban J connectivity index is 2.21. The van der Waals surface area contributed by atoms with Gasteiger partial charge in [-0.05, 0) is 31.0 Å². The lowest BCUT2D eigenvalue weighted by Gasteiger charge is -2.31. The Morgan fingerprint density at radius 2 is 2.10 bits per heavy atom. The first kappa shape index (κ1) is 14.2. The highest BCUT2D eigenvalue weighted by atomic mass is 16.5. The molecule has 0 unspecified atom stereocenters. The minimum absolute atomic E-state index is 0.118. The second-order valence-corrected chi connectivity index (χ2v) is 5.09. The fourth-order valence-electron chi connectivity index (χ4n) is 2.53. The van der Waals surface area contributed by atoms with E-state index in [1.807, 2.05) is 0 Å². The smallest absolute Gasteiger partial charge is 0.256 e. The fraction of sp³-hybridized carbons (Fsp3) is 0.467. The van der Waals surface area contributed by atoms with Crippen molar-refractivity contribution in [3.05, 3.63) is 23.8 Å². The number of carbonyl (C=O) groups is 1. The van der Waals surface area contributed by atoms with E-state index >= 15 is 0 Å². The fourth-order valence-corrected chi connectivity index (χ4v) is 2.53. The zero-order chi connectivity index (χ0) is 14.6. The molecule has 0 saturated heterocycles. The van der Waals surface area contributed by atoms with Gasteiger partial charge in [0.2, 0.25) is 0 Å². The van der Waals surface area contributed by atoms with Gasteiger partial charge in [0.15, 0.2) is 0 Å². The van der Waals surface area contributed by atoms with E-state index in [0.29, 0.717) is 18.6 Å². The van der Waals surface area contributed by atoms with Crippen LogP contribution in [0.2, 0.25) is 0 Å². The molecule has 0 aromatic heterocycles. The van der Waals surface area contributed by atoms with Crippen molar-refractivity contribution < 1.29 is 14.6 Å². The predicted molar refractivity (Wildman–Crippen MR) is 73.6 cm³/mol. The summed E-state index contributed by atoms with van der Waals surface area (Å²) in [6.45, 7) is 0. The molecule has 0 radical (unpaired) electrons. The lowest BCUT2D eigenvalue weighted by atomic mass is 9.82. The van der Waals surface area contributed by atoms with E-state index in [1.54, 1.807) is 6.07 Å². The van der Waals surface area contributed by atoms with Gasteiger partial charge in [0, 0.05) is 0 Å². The minimum Gasteiger partial charge on any atom is -0.507 e. The quantitative estimate of drug-likeness (QED) is 0.886. The first-order valence-electron chi connectivity index (χ1n) is 6.71. The van der Waals surface area contributed by atoms with Crippen molar-refractivity contribution in [1.29, 1.82) is 5.26 Å². The molecule has 2 N–H and O–H groups in total. The number of rotatable bonds is 3. The van der Waals surface area contributed by atoms with Crippen molar-refractivity contribution in [1.82, 2.24) is 5.32 Å². The number of hydrogen-bond acceptors (Lipinski definition) is 4. The van der Waals surface area contributed by atoms with E-state index in [-0.39, 0.29) is 11.3 Å². The van der Waals surface area contributed by atoms with Crippen LogP contribution < -0.4 is 10.1 Å². The van der Waals surface area contributed by atoms with E-state index in [9.17, 15) is 15.2 Å². The van der Waals surface area contributed by atoms with Crippen LogP contribution in [0.25, 0.3) is 0 Å².